The van der Waals surface area contributed by atoms with Gasteiger partial charge < -0.3 is 33.8 Å². The van der Waals surface area contributed by atoms with Crippen LogP contribution in [0.3, 0.4) is 0 Å². The average molecular weight is 769 g/mol. The molecule has 16 heteroatoms. The van der Waals surface area contributed by atoms with E-state index in [4.69, 9.17) is 9.47 Å². The van der Waals surface area contributed by atoms with Crippen molar-refractivity contribution in [2.75, 3.05) is 60.9 Å². The molecule has 56 heavy (non-hydrogen) atoms. The van der Waals surface area contributed by atoms with Gasteiger partial charge in [0, 0.05) is 35.8 Å². The Labute approximate surface area is 373 Å². The number of aromatic nitrogens is 6. The Bertz CT molecular complexity index is 1990. The number of ether oxygens (including phenoxy) is 2. The number of nitrogens with zero attached hydrogens (tertiary/aromatic N) is 8. The Morgan fingerprint density at radius 3 is 1.34 bits per heavy atom. The van der Waals surface area contributed by atoms with E-state index in [1.807, 2.05) is 109 Å². The van der Waals surface area contributed by atoms with E-state index < -0.39 is 0 Å². The second kappa shape index (κ2) is 20.7. The maximum absolute atomic E-state index is 6.00. The number of morpholine rings is 2. The monoisotopic (exact) mass is 768 g/mol. The van der Waals surface area contributed by atoms with Gasteiger partial charge in [-0.25, -0.2) is 30.0 Å². The number of hydrogen-bond acceptors (Lipinski definition) is 14. The van der Waals surface area contributed by atoms with E-state index in [-0.39, 0.29) is 74.2 Å². The van der Waals surface area contributed by atoms with Gasteiger partial charge in [0.2, 0.25) is 11.9 Å². The van der Waals surface area contributed by atoms with Crippen LogP contribution < -0.4 is 80.6 Å². The predicted molar refractivity (Wildman–Crippen MR) is 211 cm³/mol. The van der Waals surface area contributed by atoms with E-state index >= 15 is 0 Å². The van der Waals surface area contributed by atoms with Crippen molar-refractivity contribution in [2.24, 2.45) is 0 Å². The summed E-state index contributed by atoms with van der Waals surface area (Å²) in [7, 11) is 0. The van der Waals surface area contributed by atoms with Crippen molar-refractivity contribution in [3.05, 3.63) is 145 Å². The number of benzene rings is 4. The molecule has 4 aromatic carbocycles. The summed E-state index contributed by atoms with van der Waals surface area (Å²) < 4.78 is 12.0. The number of hydrazine groups is 2. The van der Waals surface area contributed by atoms with Crippen LogP contribution >= 0.6 is 0 Å². The molecule has 2 saturated heterocycles. The summed E-state index contributed by atoms with van der Waals surface area (Å²) in [6.07, 6.45) is 6.63. The topological polar surface area (TPSA) is 150 Å². The van der Waals surface area contributed by atoms with Crippen molar-refractivity contribution in [2.45, 2.75) is 12.2 Å². The first-order valence-electron chi connectivity index (χ1n) is 17.9. The van der Waals surface area contributed by atoms with Crippen molar-refractivity contribution in [1.82, 2.24) is 39.9 Å². The van der Waals surface area contributed by atoms with Crippen molar-refractivity contribution in [3.8, 4) is 0 Å². The van der Waals surface area contributed by atoms with Gasteiger partial charge in [-0.2, -0.15) is 9.97 Å². The van der Waals surface area contributed by atoms with Gasteiger partial charge in [0.05, 0.1) is 26.3 Å². The summed E-state index contributed by atoms with van der Waals surface area (Å²) in [5.74, 6) is 2.10. The summed E-state index contributed by atoms with van der Waals surface area (Å²) in [6, 6.07) is 36.3. The van der Waals surface area contributed by atoms with Crippen LogP contribution in [0.4, 0.5) is 34.6 Å². The van der Waals surface area contributed by atoms with E-state index in [1.54, 1.807) is 0 Å². The first-order chi connectivity index (χ1) is 26.7. The molecule has 0 amide bonds. The number of anilines is 6. The number of hydrogen-bond donors (Lipinski definition) is 4. The van der Waals surface area contributed by atoms with Gasteiger partial charge in [-0.05, 0) is 59.7 Å². The van der Waals surface area contributed by atoms with Gasteiger partial charge in [0.15, 0.2) is 11.6 Å². The molecular weight excluding hydrogens is 727 g/mol. The van der Waals surface area contributed by atoms with Crippen LogP contribution in [0.25, 0.3) is 12.2 Å². The van der Waals surface area contributed by atoms with Crippen molar-refractivity contribution in [1.29, 1.82) is 0 Å². The number of nitrogens with one attached hydrogen (secondary N) is 4. The third-order valence-corrected chi connectivity index (χ3v) is 8.81. The molecule has 14 nitrogen and oxygen atoms in total. The standard InChI is InChI=1S/C40H40N12O2.2Na.2H/c1-3-7-33(8-4-1)49-51-21-23-53-35(25-51)37-41-27-43-39(47-37)45-31-17-13-29(14-18-31)11-12-30-15-19-32(20-16-30)46-40-44-28-42-38(48-40)36-26-52(22-24-54-36)50-34-9-5-2-6-10-34;;;;/h1-20,27-28,35-36,49-50H,21-26H2,(H,41,43,45,47)(H,42,44,46,48);;;;/q;2*+1;2*-1. The Balaban J connectivity index is 0.00000186. The summed E-state index contributed by atoms with van der Waals surface area (Å²) in [5.41, 5.74) is 12.8. The summed E-state index contributed by atoms with van der Waals surface area (Å²) in [5, 5.41) is 10.8. The molecule has 0 saturated carbocycles. The number of para-hydroxylation sites is 2. The molecule has 2 aliphatic heterocycles. The second-order valence-electron chi connectivity index (χ2n) is 12.7. The first-order valence-corrected chi connectivity index (χ1v) is 17.9. The minimum atomic E-state index is -0.274. The van der Waals surface area contributed by atoms with E-state index in [1.165, 1.54) is 12.7 Å². The Morgan fingerprint density at radius 2 is 0.929 bits per heavy atom. The van der Waals surface area contributed by atoms with E-state index in [9.17, 15) is 0 Å². The normalized spacial score (nSPS) is 17.3. The third-order valence-electron chi connectivity index (χ3n) is 8.81. The van der Waals surface area contributed by atoms with Gasteiger partial charge in [0.25, 0.3) is 0 Å². The van der Waals surface area contributed by atoms with Crippen LogP contribution in [0, 0.1) is 0 Å². The molecule has 0 radical (unpaired) electrons. The fourth-order valence-electron chi connectivity index (χ4n) is 6.06. The fourth-order valence-corrected chi connectivity index (χ4v) is 6.06. The summed E-state index contributed by atoms with van der Waals surface area (Å²) in [6.45, 7) is 3.89. The van der Waals surface area contributed by atoms with Gasteiger partial charge in [-0.15, -0.1) is 0 Å². The molecule has 0 aliphatic carbocycles. The Morgan fingerprint density at radius 1 is 0.518 bits per heavy atom. The molecule has 2 aliphatic rings. The molecule has 2 atom stereocenters. The SMILES string of the molecule is C(=Cc1ccc(Nc2ncnc(C3CN(Nc4ccccc4)CCO3)n2)cc1)c1ccc(Nc2ncnc(C3CN(Nc4ccccc4)CCO3)n2)cc1.[H-].[H-].[Na+].[Na+]. The molecule has 0 bridgehead atoms. The molecule has 2 fully saturated rings. The maximum atomic E-state index is 6.00. The molecule has 0 spiro atoms. The quantitative estimate of drug-likeness (QED) is 0.103. The first kappa shape index (κ1) is 41.3. The van der Waals surface area contributed by atoms with Crippen LogP contribution in [0.1, 0.15) is 37.8 Å². The molecule has 8 rings (SSSR count). The van der Waals surface area contributed by atoms with Gasteiger partial charge in [-0.3, -0.25) is 0 Å². The van der Waals surface area contributed by atoms with Gasteiger partial charge in [0.1, 0.15) is 24.9 Å². The Hall–Kier alpha value is -4.32. The van der Waals surface area contributed by atoms with Crippen molar-refractivity contribution >= 4 is 46.8 Å². The molecule has 276 valence electrons. The molecule has 4 N–H and O–H groups in total. The van der Waals surface area contributed by atoms with Crippen LogP contribution in [0.2, 0.25) is 0 Å². The fraction of sp³-hybridized carbons (Fsp3) is 0.200. The van der Waals surface area contributed by atoms with Crippen molar-refractivity contribution < 1.29 is 71.4 Å². The average Bonchev–Trinajstić information content (AvgIpc) is 3.22. The zero-order chi connectivity index (χ0) is 36.4. The third kappa shape index (κ3) is 11.6. The van der Waals surface area contributed by atoms with E-state index in [2.05, 4.69) is 73.6 Å². The minimum Gasteiger partial charge on any atom is -1.00 e. The minimum absolute atomic E-state index is 0. The molecule has 2 aromatic heterocycles. The summed E-state index contributed by atoms with van der Waals surface area (Å²) in [4.78, 5) is 26.8. The zero-order valence-electron chi connectivity index (χ0n) is 33.5. The largest absolute Gasteiger partial charge is 1.00 e. The molecule has 6 aromatic rings. The molecule has 4 heterocycles. The predicted octanol–water partition coefficient (Wildman–Crippen LogP) is 0.748. The maximum Gasteiger partial charge on any atom is 1.00 e. The van der Waals surface area contributed by atoms with E-state index in [0.717, 1.165) is 47.0 Å². The Kier molecular flexibility index (Phi) is 15.3. The van der Waals surface area contributed by atoms with Crippen LogP contribution in [-0.2, 0) is 9.47 Å². The zero-order valence-corrected chi connectivity index (χ0v) is 35.5. The van der Waals surface area contributed by atoms with Crippen molar-refractivity contribution in [3.63, 3.8) is 0 Å². The van der Waals surface area contributed by atoms with Crippen LogP contribution in [0.15, 0.2) is 122 Å². The smallest absolute Gasteiger partial charge is 1.00 e. The summed E-state index contributed by atoms with van der Waals surface area (Å²) >= 11 is 0. The van der Waals surface area contributed by atoms with Crippen LogP contribution in [0.5, 0.6) is 0 Å². The van der Waals surface area contributed by atoms with Crippen LogP contribution in [-0.4, -0.2) is 79.3 Å². The van der Waals surface area contributed by atoms with Gasteiger partial charge >= 0.3 is 59.1 Å². The van der Waals surface area contributed by atoms with Gasteiger partial charge in [-0.1, -0.05) is 72.8 Å². The second-order valence-corrected chi connectivity index (χ2v) is 12.7. The molecular formula is C40H42N12Na2O2. The number of rotatable bonds is 12. The molecule has 2 unspecified atom stereocenters. The van der Waals surface area contributed by atoms with E-state index in [0.29, 0.717) is 49.8 Å².